The lowest BCUT2D eigenvalue weighted by molar-refractivity contribution is -0.117. The Balaban J connectivity index is 1.37. The van der Waals surface area contributed by atoms with Gasteiger partial charge in [0, 0.05) is 45.0 Å². The first kappa shape index (κ1) is 23.8. The number of aliphatic hydroxyl groups excluding tert-OH is 1. The Kier molecular flexibility index (Phi) is 8.33. The minimum Gasteiger partial charge on any atom is -0.390 e. The van der Waals surface area contributed by atoms with Gasteiger partial charge in [-0.1, -0.05) is 30.3 Å². The van der Waals surface area contributed by atoms with Crippen molar-refractivity contribution in [3.05, 3.63) is 65.0 Å². The summed E-state index contributed by atoms with van der Waals surface area (Å²) >= 11 is 0. The summed E-state index contributed by atoms with van der Waals surface area (Å²) in [5.74, 6) is -1.16. The van der Waals surface area contributed by atoms with E-state index in [9.17, 15) is 19.1 Å². The van der Waals surface area contributed by atoms with Crippen molar-refractivity contribution < 1.29 is 19.1 Å². The number of benzene rings is 2. The Labute approximate surface area is 188 Å². The molecule has 0 radical (unpaired) electrons. The van der Waals surface area contributed by atoms with E-state index in [1.807, 2.05) is 32.0 Å². The second-order valence-electron chi connectivity index (χ2n) is 8.24. The van der Waals surface area contributed by atoms with Crippen LogP contribution in [0.25, 0.3) is 0 Å². The molecule has 1 heterocycles. The molecule has 0 saturated carbocycles. The molecule has 1 aliphatic rings. The molecule has 7 nitrogen and oxygen atoms in total. The zero-order valence-electron chi connectivity index (χ0n) is 18.6. The van der Waals surface area contributed by atoms with Crippen molar-refractivity contribution in [2.75, 3.05) is 51.1 Å². The van der Waals surface area contributed by atoms with Gasteiger partial charge in [-0.3, -0.25) is 19.4 Å². The first-order valence-electron chi connectivity index (χ1n) is 10.8. The van der Waals surface area contributed by atoms with Gasteiger partial charge >= 0.3 is 0 Å². The largest absolute Gasteiger partial charge is 0.390 e. The number of halogens is 1. The summed E-state index contributed by atoms with van der Waals surface area (Å²) < 4.78 is 13.7. The molecule has 0 aromatic heterocycles. The zero-order chi connectivity index (χ0) is 23.1. The van der Waals surface area contributed by atoms with Crippen LogP contribution in [0.2, 0.25) is 0 Å². The number of anilines is 1. The van der Waals surface area contributed by atoms with E-state index in [4.69, 9.17) is 0 Å². The number of β-amino-alcohol motifs (C(OH)–C–C–N with tert-alkyl or cyclic N) is 1. The number of aryl methyl sites for hydroxylation is 2. The van der Waals surface area contributed by atoms with Gasteiger partial charge in [0.1, 0.15) is 5.82 Å². The fourth-order valence-electron chi connectivity index (χ4n) is 3.84. The second kappa shape index (κ2) is 11.2. The maximum Gasteiger partial charge on any atom is 0.254 e. The van der Waals surface area contributed by atoms with Crippen molar-refractivity contribution in [3.63, 3.8) is 0 Å². The Morgan fingerprint density at radius 2 is 1.62 bits per heavy atom. The number of aliphatic hydroxyl groups is 1. The molecular weight excluding hydrogens is 411 g/mol. The molecule has 2 aromatic rings. The average molecular weight is 443 g/mol. The molecule has 1 aliphatic heterocycles. The highest BCUT2D eigenvalue weighted by atomic mass is 19.1. The number of rotatable bonds is 8. The van der Waals surface area contributed by atoms with Crippen LogP contribution >= 0.6 is 0 Å². The average Bonchev–Trinajstić information content (AvgIpc) is 2.76. The van der Waals surface area contributed by atoms with Gasteiger partial charge in [0.15, 0.2) is 0 Å². The third kappa shape index (κ3) is 6.59. The highest BCUT2D eigenvalue weighted by molar-refractivity contribution is 5.94. The van der Waals surface area contributed by atoms with Crippen LogP contribution in [-0.4, -0.2) is 78.6 Å². The van der Waals surface area contributed by atoms with Crippen LogP contribution in [0, 0.1) is 19.7 Å². The number of amides is 2. The molecule has 0 bridgehead atoms. The third-order valence-corrected chi connectivity index (χ3v) is 5.66. The summed E-state index contributed by atoms with van der Waals surface area (Å²) in [5, 5.41) is 15.9. The van der Waals surface area contributed by atoms with E-state index in [1.165, 1.54) is 18.2 Å². The van der Waals surface area contributed by atoms with Crippen molar-refractivity contribution in [1.82, 2.24) is 15.1 Å². The Morgan fingerprint density at radius 3 is 2.28 bits per heavy atom. The minimum absolute atomic E-state index is 0.0347. The normalized spacial score (nSPS) is 15.9. The van der Waals surface area contributed by atoms with Crippen LogP contribution in [0.3, 0.4) is 0 Å². The molecule has 1 fully saturated rings. The van der Waals surface area contributed by atoms with E-state index in [1.54, 1.807) is 6.07 Å². The van der Waals surface area contributed by atoms with E-state index >= 15 is 0 Å². The molecule has 2 aromatic carbocycles. The van der Waals surface area contributed by atoms with Crippen molar-refractivity contribution in [2.24, 2.45) is 0 Å². The maximum atomic E-state index is 13.7. The van der Waals surface area contributed by atoms with Crippen LogP contribution < -0.4 is 10.6 Å². The molecular formula is C24H31FN4O3. The molecule has 3 N–H and O–H groups in total. The first-order chi connectivity index (χ1) is 15.3. The highest BCUT2D eigenvalue weighted by Gasteiger charge is 2.22. The highest BCUT2D eigenvalue weighted by Crippen LogP contribution is 2.19. The van der Waals surface area contributed by atoms with Crippen LogP contribution in [0.5, 0.6) is 0 Å². The third-order valence-electron chi connectivity index (χ3n) is 5.66. The minimum atomic E-state index is -0.760. The smallest absolute Gasteiger partial charge is 0.254 e. The number of nitrogens with one attached hydrogen (secondary N) is 2. The molecule has 0 aliphatic carbocycles. The van der Waals surface area contributed by atoms with E-state index in [2.05, 4.69) is 20.4 Å². The lowest BCUT2D eigenvalue weighted by Gasteiger charge is -2.35. The lowest BCUT2D eigenvalue weighted by Crippen LogP contribution is -2.51. The van der Waals surface area contributed by atoms with Gasteiger partial charge in [0.25, 0.3) is 5.91 Å². The number of carbonyl (C=O) groups is 2. The molecule has 32 heavy (non-hydrogen) atoms. The van der Waals surface area contributed by atoms with Crippen LogP contribution in [0.4, 0.5) is 10.1 Å². The summed E-state index contributed by atoms with van der Waals surface area (Å²) in [6.45, 7) is 7.60. The van der Waals surface area contributed by atoms with E-state index in [-0.39, 0.29) is 18.0 Å². The van der Waals surface area contributed by atoms with Gasteiger partial charge in [-0.05, 0) is 37.1 Å². The number of carbonyl (C=O) groups excluding carboxylic acids is 2. The summed E-state index contributed by atoms with van der Waals surface area (Å²) in [6.07, 6.45) is -0.760. The lowest BCUT2D eigenvalue weighted by atomic mass is 10.1. The number of hydrogen-bond donors (Lipinski definition) is 3. The maximum absolute atomic E-state index is 13.7. The van der Waals surface area contributed by atoms with Gasteiger partial charge in [-0.2, -0.15) is 0 Å². The predicted octanol–water partition coefficient (Wildman–Crippen LogP) is 1.79. The predicted molar refractivity (Wildman–Crippen MR) is 122 cm³/mol. The van der Waals surface area contributed by atoms with Crippen LogP contribution in [0.15, 0.2) is 42.5 Å². The first-order valence-corrected chi connectivity index (χ1v) is 10.8. The Bertz CT molecular complexity index is 924. The topological polar surface area (TPSA) is 84.9 Å². The number of para-hydroxylation sites is 1. The van der Waals surface area contributed by atoms with Gasteiger partial charge < -0.3 is 15.7 Å². The fourth-order valence-corrected chi connectivity index (χ4v) is 3.84. The summed E-state index contributed by atoms with van der Waals surface area (Å²) in [6, 6.07) is 11.7. The number of hydrogen-bond acceptors (Lipinski definition) is 5. The fraction of sp³-hybridized carbons (Fsp3) is 0.417. The summed E-state index contributed by atoms with van der Waals surface area (Å²) in [5.41, 5.74) is 2.92. The van der Waals surface area contributed by atoms with E-state index in [0.717, 1.165) is 29.9 Å². The molecule has 2 amide bonds. The number of piperazine rings is 1. The monoisotopic (exact) mass is 442 g/mol. The molecule has 172 valence electrons. The molecule has 1 unspecified atom stereocenters. The van der Waals surface area contributed by atoms with Crippen molar-refractivity contribution >= 4 is 17.5 Å². The van der Waals surface area contributed by atoms with Crippen LogP contribution in [0.1, 0.15) is 21.5 Å². The van der Waals surface area contributed by atoms with Gasteiger partial charge in [0.2, 0.25) is 5.91 Å². The van der Waals surface area contributed by atoms with E-state index < -0.39 is 17.8 Å². The van der Waals surface area contributed by atoms with Crippen molar-refractivity contribution in [2.45, 2.75) is 20.0 Å². The summed E-state index contributed by atoms with van der Waals surface area (Å²) in [4.78, 5) is 28.7. The van der Waals surface area contributed by atoms with Crippen molar-refractivity contribution in [1.29, 1.82) is 0 Å². The quantitative estimate of drug-likeness (QED) is 0.581. The number of nitrogens with zero attached hydrogens (tertiary/aromatic N) is 2. The molecule has 1 saturated heterocycles. The van der Waals surface area contributed by atoms with Crippen molar-refractivity contribution in [3.8, 4) is 0 Å². The zero-order valence-corrected chi connectivity index (χ0v) is 18.6. The molecule has 3 rings (SSSR count). The molecule has 8 heteroatoms. The van der Waals surface area contributed by atoms with Gasteiger partial charge in [0.05, 0.1) is 18.2 Å². The summed E-state index contributed by atoms with van der Waals surface area (Å²) in [7, 11) is 0. The molecule has 0 spiro atoms. The van der Waals surface area contributed by atoms with Crippen LogP contribution in [-0.2, 0) is 4.79 Å². The Morgan fingerprint density at radius 1 is 1.00 bits per heavy atom. The van der Waals surface area contributed by atoms with Gasteiger partial charge in [-0.15, -0.1) is 0 Å². The second-order valence-corrected chi connectivity index (χ2v) is 8.24. The van der Waals surface area contributed by atoms with E-state index in [0.29, 0.717) is 26.2 Å². The Hall–Kier alpha value is -2.81. The van der Waals surface area contributed by atoms with Gasteiger partial charge in [-0.25, -0.2) is 4.39 Å². The standard InChI is InChI=1S/C24H31FN4O3/c1-17-6-5-7-18(2)23(17)27-22(31)16-29-12-10-28(11-13-29)15-19(30)14-26-24(32)20-8-3-4-9-21(20)25/h3-9,19,30H,10-16H2,1-2H3,(H,26,32)(H,27,31). The SMILES string of the molecule is Cc1cccc(C)c1NC(=O)CN1CCN(CC(O)CNC(=O)c2ccccc2F)CC1. The molecule has 1 atom stereocenters.